The summed E-state index contributed by atoms with van der Waals surface area (Å²) in [5.41, 5.74) is 3.43. The maximum atomic E-state index is 5.35. The van der Waals surface area contributed by atoms with E-state index in [1.165, 1.54) is 5.56 Å². The number of ether oxygens (including phenoxy) is 2. The summed E-state index contributed by atoms with van der Waals surface area (Å²) in [7, 11) is 3.29. The Balaban J connectivity index is 2.08. The van der Waals surface area contributed by atoms with Crippen molar-refractivity contribution in [2.75, 3.05) is 26.1 Å². The largest absolute Gasteiger partial charge is 0.493 e. The molecule has 1 aliphatic heterocycles. The molecule has 3 rings (SSSR count). The SMILES string of the molecule is COc1ccc(-c2c[nH]c3c2C=CCN3)cc1OC. The van der Waals surface area contributed by atoms with Crippen LogP contribution in [-0.4, -0.2) is 25.7 Å². The van der Waals surface area contributed by atoms with E-state index >= 15 is 0 Å². The van der Waals surface area contributed by atoms with Gasteiger partial charge in [-0.1, -0.05) is 18.2 Å². The molecule has 0 spiro atoms. The Morgan fingerprint density at radius 1 is 1.11 bits per heavy atom. The van der Waals surface area contributed by atoms with Gasteiger partial charge in [0.1, 0.15) is 5.82 Å². The Hall–Kier alpha value is -2.36. The van der Waals surface area contributed by atoms with Gasteiger partial charge in [0.15, 0.2) is 11.5 Å². The van der Waals surface area contributed by atoms with Crippen molar-refractivity contribution in [1.82, 2.24) is 4.98 Å². The van der Waals surface area contributed by atoms with Crippen molar-refractivity contribution in [3.63, 3.8) is 0 Å². The topological polar surface area (TPSA) is 46.3 Å². The van der Waals surface area contributed by atoms with E-state index in [0.717, 1.165) is 35.0 Å². The Morgan fingerprint density at radius 3 is 2.74 bits per heavy atom. The van der Waals surface area contributed by atoms with E-state index in [4.69, 9.17) is 9.47 Å². The number of aromatic amines is 1. The van der Waals surface area contributed by atoms with E-state index in [2.05, 4.69) is 22.5 Å². The normalized spacial score (nSPS) is 12.7. The van der Waals surface area contributed by atoms with Crippen molar-refractivity contribution in [3.8, 4) is 22.6 Å². The summed E-state index contributed by atoms with van der Waals surface area (Å²) in [4.78, 5) is 3.26. The number of aromatic nitrogens is 1. The first-order valence-corrected chi connectivity index (χ1v) is 6.17. The van der Waals surface area contributed by atoms with E-state index in [9.17, 15) is 0 Å². The average molecular weight is 256 g/mol. The Kier molecular flexibility index (Phi) is 2.91. The quantitative estimate of drug-likeness (QED) is 0.886. The van der Waals surface area contributed by atoms with Gasteiger partial charge in [0.05, 0.1) is 14.2 Å². The molecule has 4 heteroatoms. The molecule has 0 saturated heterocycles. The highest BCUT2D eigenvalue weighted by Crippen LogP contribution is 2.36. The number of benzene rings is 1. The number of rotatable bonds is 3. The molecule has 1 aromatic heterocycles. The van der Waals surface area contributed by atoms with Crippen molar-refractivity contribution in [3.05, 3.63) is 36.0 Å². The molecule has 0 bridgehead atoms. The predicted octanol–water partition coefficient (Wildman–Crippen LogP) is 3.14. The standard InChI is InChI=1S/C15H16N2O2/c1-18-13-6-5-10(8-14(13)19-2)12-9-17-15-11(12)4-3-7-16-15/h3-6,8-9,16-17H,7H2,1-2H3. The number of methoxy groups -OCH3 is 2. The maximum absolute atomic E-state index is 5.35. The van der Waals surface area contributed by atoms with Gasteiger partial charge < -0.3 is 19.8 Å². The summed E-state index contributed by atoms with van der Waals surface area (Å²) in [6.07, 6.45) is 6.25. The predicted molar refractivity (Wildman–Crippen MR) is 76.9 cm³/mol. The van der Waals surface area contributed by atoms with Crippen LogP contribution in [0.2, 0.25) is 0 Å². The fourth-order valence-corrected chi connectivity index (χ4v) is 2.33. The molecule has 0 fully saturated rings. The van der Waals surface area contributed by atoms with Gasteiger partial charge in [0, 0.05) is 23.9 Å². The van der Waals surface area contributed by atoms with E-state index in [1.54, 1.807) is 14.2 Å². The summed E-state index contributed by atoms with van der Waals surface area (Å²) < 4.78 is 10.6. The first-order valence-electron chi connectivity index (χ1n) is 6.17. The van der Waals surface area contributed by atoms with Crippen LogP contribution in [0.25, 0.3) is 17.2 Å². The fraction of sp³-hybridized carbons (Fsp3) is 0.200. The number of H-pyrrole nitrogens is 1. The van der Waals surface area contributed by atoms with Crippen LogP contribution in [-0.2, 0) is 0 Å². The molecule has 2 aromatic rings. The first-order chi connectivity index (χ1) is 9.33. The van der Waals surface area contributed by atoms with Crippen LogP contribution in [0.5, 0.6) is 11.5 Å². The number of nitrogens with one attached hydrogen (secondary N) is 2. The van der Waals surface area contributed by atoms with Crippen LogP contribution in [0, 0.1) is 0 Å². The average Bonchev–Trinajstić information content (AvgIpc) is 2.90. The second kappa shape index (κ2) is 4.72. The molecule has 2 heterocycles. The second-order valence-corrected chi connectivity index (χ2v) is 4.34. The molecule has 0 aliphatic carbocycles. The van der Waals surface area contributed by atoms with Crippen LogP contribution in [0.15, 0.2) is 30.5 Å². The maximum Gasteiger partial charge on any atom is 0.161 e. The molecule has 19 heavy (non-hydrogen) atoms. The van der Waals surface area contributed by atoms with E-state index in [0.29, 0.717) is 0 Å². The van der Waals surface area contributed by atoms with E-state index in [-0.39, 0.29) is 0 Å². The number of hydrogen-bond donors (Lipinski definition) is 2. The van der Waals surface area contributed by atoms with E-state index in [1.807, 2.05) is 24.4 Å². The lowest BCUT2D eigenvalue weighted by Gasteiger charge is -2.11. The van der Waals surface area contributed by atoms with Gasteiger partial charge in [-0.15, -0.1) is 0 Å². The molecular weight excluding hydrogens is 240 g/mol. The van der Waals surface area contributed by atoms with Crippen molar-refractivity contribution in [1.29, 1.82) is 0 Å². The summed E-state index contributed by atoms with van der Waals surface area (Å²) in [5, 5.41) is 3.31. The van der Waals surface area contributed by atoms with Gasteiger partial charge in [0.2, 0.25) is 0 Å². The highest BCUT2D eigenvalue weighted by atomic mass is 16.5. The number of anilines is 1. The fourth-order valence-electron chi connectivity index (χ4n) is 2.33. The highest BCUT2D eigenvalue weighted by molar-refractivity contribution is 5.84. The molecule has 1 aromatic carbocycles. The minimum Gasteiger partial charge on any atom is -0.493 e. The molecule has 0 radical (unpaired) electrons. The monoisotopic (exact) mass is 256 g/mol. The van der Waals surface area contributed by atoms with Gasteiger partial charge in [-0.25, -0.2) is 0 Å². The second-order valence-electron chi connectivity index (χ2n) is 4.34. The van der Waals surface area contributed by atoms with Crippen LogP contribution < -0.4 is 14.8 Å². The molecular formula is C15H16N2O2. The van der Waals surface area contributed by atoms with Crippen molar-refractivity contribution in [2.45, 2.75) is 0 Å². The third kappa shape index (κ3) is 1.95. The molecule has 98 valence electrons. The third-order valence-electron chi connectivity index (χ3n) is 3.30. The Labute approximate surface area is 112 Å². The molecule has 4 nitrogen and oxygen atoms in total. The van der Waals surface area contributed by atoms with Crippen LogP contribution in [0.1, 0.15) is 5.56 Å². The van der Waals surface area contributed by atoms with Crippen LogP contribution in [0.3, 0.4) is 0 Å². The zero-order chi connectivity index (χ0) is 13.2. The first kappa shape index (κ1) is 11.7. The zero-order valence-electron chi connectivity index (χ0n) is 11.0. The molecule has 0 amide bonds. The zero-order valence-corrected chi connectivity index (χ0v) is 11.0. The Bertz CT molecular complexity index is 629. The van der Waals surface area contributed by atoms with Gasteiger partial charge in [0.25, 0.3) is 0 Å². The molecule has 2 N–H and O–H groups in total. The van der Waals surface area contributed by atoms with E-state index < -0.39 is 0 Å². The third-order valence-corrected chi connectivity index (χ3v) is 3.30. The van der Waals surface area contributed by atoms with Crippen molar-refractivity contribution >= 4 is 11.9 Å². The molecule has 0 unspecified atom stereocenters. The van der Waals surface area contributed by atoms with Gasteiger partial charge in [-0.3, -0.25) is 0 Å². The minimum absolute atomic E-state index is 0.739. The van der Waals surface area contributed by atoms with Crippen molar-refractivity contribution < 1.29 is 9.47 Å². The van der Waals surface area contributed by atoms with Gasteiger partial charge in [-0.2, -0.15) is 0 Å². The summed E-state index contributed by atoms with van der Waals surface area (Å²) in [6, 6.07) is 5.95. The van der Waals surface area contributed by atoms with Gasteiger partial charge >= 0.3 is 0 Å². The summed E-state index contributed by atoms with van der Waals surface area (Å²) in [5.74, 6) is 2.54. The molecule has 0 saturated carbocycles. The lowest BCUT2D eigenvalue weighted by Crippen LogP contribution is -2.03. The number of hydrogen-bond acceptors (Lipinski definition) is 3. The van der Waals surface area contributed by atoms with Crippen molar-refractivity contribution in [2.24, 2.45) is 0 Å². The number of fused-ring (bicyclic) bond motifs is 1. The summed E-state index contributed by atoms with van der Waals surface area (Å²) in [6.45, 7) is 0.860. The smallest absolute Gasteiger partial charge is 0.161 e. The van der Waals surface area contributed by atoms with Gasteiger partial charge in [-0.05, 0) is 17.7 Å². The highest BCUT2D eigenvalue weighted by Gasteiger charge is 2.14. The lowest BCUT2D eigenvalue weighted by atomic mass is 10.0. The van der Waals surface area contributed by atoms with Crippen LogP contribution in [0.4, 0.5) is 5.82 Å². The molecule has 1 aliphatic rings. The molecule has 0 atom stereocenters. The lowest BCUT2D eigenvalue weighted by molar-refractivity contribution is 0.355. The van der Waals surface area contributed by atoms with Crippen LogP contribution >= 0.6 is 0 Å². The Morgan fingerprint density at radius 2 is 1.95 bits per heavy atom. The summed E-state index contributed by atoms with van der Waals surface area (Å²) >= 11 is 0. The minimum atomic E-state index is 0.739.